The second-order valence-electron chi connectivity index (χ2n) is 4.34. The number of halogens is 1. The van der Waals surface area contributed by atoms with Crippen LogP contribution in [0.15, 0.2) is 42.5 Å². The highest BCUT2D eigenvalue weighted by molar-refractivity contribution is 5.96. The molecule has 0 bridgehead atoms. The van der Waals surface area contributed by atoms with Crippen molar-refractivity contribution in [1.29, 1.82) is 0 Å². The summed E-state index contributed by atoms with van der Waals surface area (Å²) in [5, 5.41) is 0. The minimum atomic E-state index is -0.419. The minimum Gasteiger partial charge on any atom is -0.454 e. The van der Waals surface area contributed by atoms with Crippen LogP contribution in [0.2, 0.25) is 0 Å². The Morgan fingerprint density at radius 3 is 2.74 bits per heavy atom. The maximum absolute atomic E-state index is 13.6. The third-order valence-electron chi connectivity index (χ3n) is 2.79. The van der Waals surface area contributed by atoms with E-state index in [9.17, 15) is 9.18 Å². The lowest BCUT2D eigenvalue weighted by Crippen LogP contribution is -1.97. The van der Waals surface area contributed by atoms with Crippen LogP contribution in [0.3, 0.4) is 0 Å². The molecule has 0 heterocycles. The number of hydrogen-bond acceptors (Lipinski definition) is 2. The number of ether oxygens (including phenoxy) is 1. The monoisotopic (exact) mass is 258 g/mol. The average Bonchev–Trinajstić information content (AvgIpc) is 2.42. The summed E-state index contributed by atoms with van der Waals surface area (Å²) in [5.41, 5.74) is 1.49. The van der Waals surface area contributed by atoms with Crippen LogP contribution >= 0.6 is 0 Å². The van der Waals surface area contributed by atoms with Gasteiger partial charge >= 0.3 is 0 Å². The molecule has 0 spiro atoms. The van der Waals surface area contributed by atoms with Gasteiger partial charge in [0, 0.05) is 12.0 Å². The molecule has 98 valence electrons. The maximum atomic E-state index is 13.6. The molecule has 0 radical (unpaired) electrons. The number of aryl methyl sites for hydroxylation is 1. The van der Waals surface area contributed by atoms with E-state index >= 15 is 0 Å². The zero-order valence-electron chi connectivity index (χ0n) is 10.9. The molecule has 0 aromatic heterocycles. The summed E-state index contributed by atoms with van der Waals surface area (Å²) in [7, 11) is 0. The molecule has 0 fully saturated rings. The molecule has 0 amide bonds. The molecule has 0 N–H and O–H groups in total. The minimum absolute atomic E-state index is 0.0372. The Labute approximate surface area is 111 Å². The molecule has 0 saturated heterocycles. The van der Waals surface area contributed by atoms with Gasteiger partial charge in [0.15, 0.2) is 17.3 Å². The number of hydrogen-bond donors (Lipinski definition) is 0. The zero-order chi connectivity index (χ0) is 13.8. The predicted molar refractivity (Wildman–Crippen MR) is 72.3 cm³/mol. The number of carbonyl (C=O) groups is 1. The fourth-order valence-corrected chi connectivity index (χ4v) is 1.75. The molecule has 3 heteroatoms. The molecule has 19 heavy (non-hydrogen) atoms. The van der Waals surface area contributed by atoms with Crippen molar-refractivity contribution in [3.8, 4) is 11.5 Å². The average molecular weight is 258 g/mol. The van der Waals surface area contributed by atoms with Gasteiger partial charge in [0.05, 0.1) is 0 Å². The summed E-state index contributed by atoms with van der Waals surface area (Å²) in [6, 6.07) is 11.5. The molecule has 0 aliphatic heterocycles. The first-order valence-corrected chi connectivity index (χ1v) is 6.17. The summed E-state index contributed by atoms with van der Waals surface area (Å²) in [6.07, 6.45) is 0.433. The molecule has 2 nitrogen and oxygen atoms in total. The summed E-state index contributed by atoms with van der Waals surface area (Å²) < 4.78 is 19.1. The Balaban J connectivity index is 2.28. The van der Waals surface area contributed by atoms with Crippen LogP contribution in [0.4, 0.5) is 4.39 Å². The Morgan fingerprint density at radius 1 is 1.21 bits per heavy atom. The second kappa shape index (κ2) is 5.65. The molecule has 0 saturated carbocycles. The maximum Gasteiger partial charge on any atom is 0.165 e. The van der Waals surface area contributed by atoms with E-state index in [1.165, 1.54) is 6.07 Å². The first kappa shape index (κ1) is 13.3. The summed E-state index contributed by atoms with van der Waals surface area (Å²) in [4.78, 5) is 11.6. The van der Waals surface area contributed by atoms with E-state index in [4.69, 9.17) is 4.74 Å². The Bertz CT molecular complexity index is 605. The van der Waals surface area contributed by atoms with E-state index in [1.807, 2.05) is 6.92 Å². The van der Waals surface area contributed by atoms with E-state index in [1.54, 1.807) is 43.3 Å². The lowest BCUT2D eigenvalue weighted by Gasteiger charge is -2.08. The number of ketones is 1. The Hall–Kier alpha value is -2.16. The predicted octanol–water partition coefficient (Wildman–Crippen LogP) is 4.52. The van der Waals surface area contributed by atoms with Gasteiger partial charge in [-0.3, -0.25) is 4.79 Å². The molecule has 0 aliphatic rings. The fourth-order valence-electron chi connectivity index (χ4n) is 1.75. The quantitative estimate of drug-likeness (QED) is 0.754. The van der Waals surface area contributed by atoms with E-state index in [2.05, 4.69) is 0 Å². The van der Waals surface area contributed by atoms with Crippen LogP contribution in [0.25, 0.3) is 0 Å². The SMILES string of the molecule is CCC(=O)c1cccc(Oc2cc(C)ccc2F)c1. The summed E-state index contributed by atoms with van der Waals surface area (Å²) in [6.45, 7) is 3.67. The van der Waals surface area contributed by atoms with Crippen LogP contribution in [0.1, 0.15) is 29.3 Å². The number of carbonyl (C=O) groups excluding carboxylic acids is 1. The third kappa shape index (κ3) is 3.19. The molecular weight excluding hydrogens is 243 g/mol. The van der Waals surface area contributed by atoms with E-state index in [0.717, 1.165) is 5.56 Å². The summed E-state index contributed by atoms with van der Waals surface area (Å²) >= 11 is 0. The van der Waals surface area contributed by atoms with Gasteiger partial charge in [0.2, 0.25) is 0 Å². The normalized spacial score (nSPS) is 10.3. The molecule has 0 unspecified atom stereocenters. The largest absolute Gasteiger partial charge is 0.454 e. The highest BCUT2D eigenvalue weighted by Crippen LogP contribution is 2.26. The Kier molecular flexibility index (Phi) is 3.95. The lowest BCUT2D eigenvalue weighted by atomic mass is 10.1. The van der Waals surface area contributed by atoms with Crippen LogP contribution in [0.5, 0.6) is 11.5 Å². The van der Waals surface area contributed by atoms with Gasteiger partial charge in [0.1, 0.15) is 5.75 Å². The first-order chi connectivity index (χ1) is 9.10. The van der Waals surface area contributed by atoms with E-state index < -0.39 is 5.82 Å². The highest BCUT2D eigenvalue weighted by Gasteiger charge is 2.08. The molecule has 2 rings (SSSR count). The number of Topliss-reactive ketones (excluding diaryl/α,β-unsaturated/α-hetero) is 1. The molecule has 0 atom stereocenters. The van der Waals surface area contributed by atoms with E-state index in [-0.39, 0.29) is 11.5 Å². The van der Waals surface area contributed by atoms with Crippen molar-refractivity contribution in [2.75, 3.05) is 0 Å². The van der Waals surface area contributed by atoms with Gasteiger partial charge in [0.25, 0.3) is 0 Å². The second-order valence-corrected chi connectivity index (χ2v) is 4.34. The topological polar surface area (TPSA) is 26.3 Å². The zero-order valence-corrected chi connectivity index (χ0v) is 10.9. The van der Waals surface area contributed by atoms with Gasteiger partial charge in [-0.25, -0.2) is 4.39 Å². The van der Waals surface area contributed by atoms with Gasteiger partial charge in [-0.05, 0) is 36.8 Å². The van der Waals surface area contributed by atoms with Crippen molar-refractivity contribution < 1.29 is 13.9 Å². The van der Waals surface area contributed by atoms with Crippen molar-refractivity contribution >= 4 is 5.78 Å². The molecular formula is C16H15FO2. The highest BCUT2D eigenvalue weighted by atomic mass is 19.1. The van der Waals surface area contributed by atoms with Crippen molar-refractivity contribution in [1.82, 2.24) is 0 Å². The van der Waals surface area contributed by atoms with Crippen molar-refractivity contribution in [3.05, 3.63) is 59.4 Å². The van der Waals surface area contributed by atoms with Gasteiger partial charge in [-0.1, -0.05) is 25.1 Å². The Morgan fingerprint density at radius 2 is 2.00 bits per heavy atom. The van der Waals surface area contributed by atoms with Crippen molar-refractivity contribution in [2.24, 2.45) is 0 Å². The molecule has 2 aromatic carbocycles. The van der Waals surface area contributed by atoms with E-state index in [0.29, 0.717) is 17.7 Å². The molecule has 2 aromatic rings. The van der Waals surface area contributed by atoms with Crippen LogP contribution < -0.4 is 4.74 Å². The number of benzene rings is 2. The third-order valence-corrected chi connectivity index (χ3v) is 2.79. The smallest absolute Gasteiger partial charge is 0.165 e. The fraction of sp³-hybridized carbons (Fsp3) is 0.188. The van der Waals surface area contributed by atoms with Gasteiger partial charge in [-0.15, -0.1) is 0 Å². The van der Waals surface area contributed by atoms with Crippen LogP contribution in [0, 0.1) is 12.7 Å². The lowest BCUT2D eigenvalue weighted by molar-refractivity contribution is 0.0988. The number of rotatable bonds is 4. The van der Waals surface area contributed by atoms with Crippen molar-refractivity contribution in [2.45, 2.75) is 20.3 Å². The first-order valence-electron chi connectivity index (χ1n) is 6.17. The summed E-state index contributed by atoms with van der Waals surface area (Å²) in [5.74, 6) is 0.248. The van der Waals surface area contributed by atoms with Gasteiger partial charge in [-0.2, -0.15) is 0 Å². The molecule has 0 aliphatic carbocycles. The van der Waals surface area contributed by atoms with Crippen molar-refractivity contribution in [3.63, 3.8) is 0 Å². The standard InChI is InChI=1S/C16H15FO2/c1-3-15(18)12-5-4-6-13(10-12)19-16-9-11(2)7-8-14(16)17/h4-10H,3H2,1-2H3. The van der Waals surface area contributed by atoms with Crippen LogP contribution in [-0.2, 0) is 0 Å². The van der Waals surface area contributed by atoms with Gasteiger partial charge < -0.3 is 4.74 Å². The van der Waals surface area contributed by atoms with Crippen LogP contribution in [-0.4, -0.2) is 5.78 Å².